The largest absolute Gasteiger partial charge is 0.401 e. The Bertz CT molecular complexity index is 460. The van der Waals surface area contributed by atoms with Gasteiger partial charge in [-0.05, 0) is 6.07 Å². The van der Waals surface area contributed by atoms with E-state index in [1.165, 1.54) is 0 Å². The normalized spacial score (nSPS) is 16.1. The van der Waals surface area contributed by atoms with Crippen LogP contribution in [0.5, 0.6) is 0 Å². The number of carbonyl (C=O) groups excluding carboxylic acids is 1. The molecule has 0 aromatic carbocycles. The predicted molar refractivity (Wildman–Crippen MR) is 69.7 cm³/mol. The Kier molecular flexibility index (Phi) is 4.94. The summed E-state index contributed by atoms with van der Waals surface area (Å²) >= 11 is 0. The first-order chi connectivity index (χ1) is 9.96. The topological polar surface area (TPSA) is 61.4 Å². The summed E-state index contributed by atoms with van der Waals surface area (Å²) in [5, 5.41) is 2.11. The lowest BCUT2D eigenvalue weighted by atomic mass is 10.3. The second kappa shape index (κ2) is 6.70. The van der Waals surface area contributed by atoms with Crippen LogP contribution in [0, 0.1) is 0 Å². The van der Waals surface area contributed by atoms with Gasteiger partial charge in [0.2, 0.25) is 11.9 Å². The number of halogens is 3. The second-order valence-corrected chi connectivity index (χ2v) is 4.64. The summed E-state index contributed by atoms with van der Waals surface area (Å²) in [6, 6.07) is 1.72. The quantitative estimate of drug-likeness (QED) is 0.865. The molecule has 1 N–H and O–H groups in total. The van der Waals surface area contributed by atoms with Gasteiger partial charge in [0.15, 0.2) is 0 Å². The lowest BCUT2D eigenvalue weighted by molar-refractivity contribution is -0.134. The van der Waals surface area contributed by atoms with E-state index in [0.29, 0.717) is 32.1 Å². The van der Waals surface area contributed by atoms with Crippen LogP contribution < -0.4 is 10.2 Å². The van der Waals surface area contributed by atoms with Gasteiger partial charge >= 0.3 is 6.18 Å². The molecule has 1 aromatic heterocycles. The highest BCUT2D eigenvalue weighted by Crippen LogP contribution is 2.12. The molecule has 116 valence electrons. The van der Waals surface area contributed by atoms with Gasteiger partial charge in [0.1, 0.15) is 0 Å². The molecule has 0 bridgehead atoms. The van der Waals surface area contributed by atoms with Crippen molar-refractivity contribution in [1.29, 1.82) is 0 Å². The summed E-state index contributed by atoms with van der Waals surface area (Å²) in [6.07, 6.45) is -1.02. The van der Waals surface area contributed by atoms with Gasteiger partial charge in [-0.25, -0.2) is 9.97 Å². The fourth-order valence-corrected chi connectivity index (χ4v) is 2.03. The Balaban J connectivity index is 1.75. The highest BCUT2D eigenvalue weighted by atomic mass is 19.4. The van der Waals surface area contributed by atoms with Gasteiger partial charge < -0.3 is 15.1 Å². The molecule has 1 aromatic rings. The molecule has 0 spiro atoms. The van der Waals surface area contributed by atoms with Gasteiger partial charge in [0, 0.05) is 38.6 Å². The maximum absolute atomic E-state index is 12.0. The van der Waals surface area contributed by atoms with Crippen molar-refractivity contribution in [2.24, 2.45) is 0 Å². The monoisotopic (exact) mass is 303 g/mol. The summed E-state index contributed by atoms with van der Waals surface area (Å²) in [4.78, 5) is 23.5. The molecule has 0 aliphatic carbocycles. The highest BCUT2D eigenvalue weighted by molar-refractivity contribution is 5.78. The number of nitrogens with zero attached hydrogens (tertiary/aromatic N) is 4. The molecule has 2 rings (SSSR count). The molecule has 21 heavy (non-hydrogen) atoms. The van der Waals surface area contributed by atoms with E-state index in [2.05, 4.69) is 15.3 Å². The number of alkyl halides is 3. The SMILES string of the molecule is O=C(CNCC(F)(F)F)N1CCN(c2ncccn2)CC1. The van der Waals surface area contributed by atoms with E-state index in [1.807, 2.05) is 4.90 Å². The molecule has 2 heterocycles. The van der Waals surface area contributed by atoms with E-state index >= 15 is 0 Å². The Hall–Kier alpha value is -1.90. The number of amides is 1. The molecule has 6 nitrogen and oxygen atoms in total. The molecule has 1 aliphatic heterocycles. The summed E-state index contributed by atoms with van der Waals surface area (Å²) in [6.45, 7) is 0.567. The average molecular weight is 303 g/mol. The van der Waals surface area contributed by atoms with Gasteiger partial charge in [-0.15, -0.1) is 0 Å². The number of anilines is 1. The van der Waals surface area contributed by atoms with Crippen molar-refractivity contribution in [3.63, 3.8) is 0 Å². The fraction of sp³-hybridized carbons (Fsp3) is 0.583. The van der Waals surface area contributed by atoms with E-state index < -0.39 is 12.7 Å². The predicted octanol–water partition coefficient (Wildman–Crippen LogP) is 0.277. The minimum Gasteiger partial charge on any atom is -0.338 e. The van der Waals surface area contributed by atoms with Gasteiger partial charge in [0.25, 0.3) is 0 Å². The van der Waals surface area contributed by atoms with Crippen LogP contribution in [0.15, 0.2) is 18.5 Å². The zero-order chi connectivity index (χ0) is 15.3. The van der Waals surface area contributed by atoms with E-state index in [-0.39, 0.29) is 12.5 Å². The standard InChI is InChI=1S/C12H16F3N5O/c13-12(14,15)9-16-8-10(21)19-4-6-20(7-5-19)11-17-2-1-3-18-11/h1-3,16H,4-9H2. The minimum atomic E-state index is -4.30. The van der Waals surface area contributed by atoms with Crippen molar-refractivity contribution < 1.29 is 18.0 Å². The summed E-state index contributed by atoms with van der Waals surface area (Å²) in [5.74, 6) is 0.271. The van der Waals surface area contributed by atoms with Crippen LogP contribution in [0.3, 0.4) is 0 Å². The number of nitrogens with one attached hydrogen (secondary N) is 1. The van der Waals surface area contributed by atoms with Crippen LogP contribution >= 0.6 is 0 Å². The molecule has 1 aliphatic rings. The smallest absolute Gasteiger partial charge is 0.338 e. The first-order valence-corrected chi connectivity index (χ1v) is 6.53. The average Bonchev–Trinajstić information content (AvgIpc) is 2.47. The van der Waals surface area contributed by atoms with Gasteiger partial charge in [0.05, 0.1) is 13.1 Å². The number of hydrogen-bond acceptors (Lipinski definition) is 5. The van der Waals surface area contributed by atoms with Crippen molar-refractivity contribution in [1.82, 2.24) is 20.2 Å². The zero-order valence-electron chi connectivity index (χ0n) is 11.3. The van der Waals surface area contributed by atoms with Crippen LogP contribution in [0.25, 0.3) is 0 Å². The molecule has 0 atom stereocenters. The Morgan fingerprint density at radius 3 is 2.38 bits per heavy atom. The van der Waals surface area contributed by atoms with Gasteiger partial charge in [-0.2, -0.15) is 13.2 Å². The van der Waals surface area contributed by atoms with Crippen molar-refractivity contribution in [2.75, 3.05) is 44.2 Å². The molecule has 0 saturated carbocycles. The number of hydrogen-bond donors (Lipinski definition) is 1. The van der Waals surface area contributed by atoms with Crippen LogP contribution in [-0.2, 0) is 4.79 Å². The Morgan fingerprint density at radius 1 is 1.19 bits per heavy atom. The van der Waals surface area contributed by atoms with Crippen LogP contribution in [0.2, 0.25) is 0 Å². The molecule has 0 radical (unpaired) electrons. The second-order valence-electron chi connectivity index (χ2n) is 4.64. The van der Waals surface area contributed by atoms with Crippen molar-refractivity contribution >= 4 is 11.9 Å². The number of aromatic nitrogens is 2. The van der Waals surface area contributed by atoms with E-state index in [0.717, 1.165) is 0 Å². The van der Waals surface area contributed by atoms with E-state index in [4.69, 9.17) is 0 Å². The fourth-order valence-electron chi connectivity index (χ4n) is 2.03. The lowest BCUT2D eigenvalue weighted by Gasteiger charge is -2.34. The van der Waals surface area contributed by atoms with E-state index in [9.17, 15) is 18.0 Å². The van der Waals surface area contributed by atoms with E-state index in [1.54, 1.807) is 23.4 Å². The molecular formula is C12H16F3N5O. The third kappa shape index (κ3) is 4.85. The van der Waals surface area contributed by atoms with Crippen molar-refractivity contribution in [3.8, 4) is 0 Å². The highest BCUT2D eigenvalue weighted by Gasteiger charge is 2.27. The number of carbonyl (C=O) groups is 1. The van der Waals surface area contributed by atoms with Crippen LogP contribution in [-0.4, -0.2) is 66.2 Å². The lowest BCUT2D eigenvalue weighted by Crippen LogP contribution is -2.51. The number of rotatable bonds is 4. The first-order valence-electron chi connectivity index (χ1n) is 6.53. The molecule has 1 fully saturated rings. The summed E-state index contributed by atoms with van der Waals surface area (Å²) in [7, 11) is 0. The molecular weight excluding hydrogens is 287 g/mol. The Morgan fingerprint density at radius 2 is 1.81 bits per heavy atom. The molecule has 1 saturated heterocycles. The number of piperazine rings is 1. The first kappa shape index (κ1) is 15.5. The van der Waals surface area contributed by atoms with Gasteiger partial charge in [-0.1, -0.05) is 0 Å². The molecule has 1 amide bonds. The summed E-state index contributed by atoms with van der Waals surface area (Å²) < 4.78 is 35.9. The third-order valence-electron chi connectivity index (χ3n) is 3.07. The Labute approximate surface area is 120 Å². The van der Waals surface area contributed by atoms with Crippen LogP contribution in [0.1, 0.15) is 0 Å². The summed E-state index contributed by atoms with van der Waals surface area (Å²) in [5.41, 5.74) is 0. The zero-order valence-corrected chi connectivity index (χ0v) is 11.3. The van der Waals surface area contributed by atoms with Crippen molar-refractivity contribution in [3.05, 3.63) is 18.5 Å². The van der Waals surface area contributed by atoms with Gasteiger partial charge in [-0.3, -0.25) is 4.79 Å². The molecule has 0 unspecified atom stereocenters. The minimum absolute atomic E-state index is 0.304. The maximum Gasteiger partial charge on any atom is 0.401 e. The van der Waals surface area contributed by atoms with Crippen molar-refractivity contribution in [2.45, 2.75) is 6.18 Å². The molecule has 9 heteroatoms. The van der Waals surface area contributed by atoms with Crippen LogP contribution in [0.4, 0.5) is 19.1 Å². The third-order valence-corrected chi connectivity index (χ3v) is 3.07. The maximum atomic E-state index is 12.0.